The summed E-state index contributed by atoms with van der Waals surface area (Å²) >= 11 is 0. The number of rotatable bonds is 9. The molecule has 0 radical (unpaired) electrons. The highest BCUT2D eigenvalue weighted by atomic mass is 127. The van der Waals surface area contributed by atoms with Crippen LogP contribution in [0.1, 0.15) is 33.6 Å². The van der Waals surface area contributed by atoms with Gasteiger partial charge in [0.25, 0.3) is 0 Å². The molecule has 7 heteroatoms. The number of carbonyl (C=O) groups is 1. The first-order valence-electron chi connectivity index (χ1n) is 6.83. The zero-order valence-electron chi connectivity index (χ0n) is 12.9. The van der Waals surface area contributed by atoms with Gasteiger partial charge in [0, 0.05) is 32.7 Å². The molecule has 0 amide bonds. The number of guanidine groups is 1. The van der Waals surface area contributed by atoms with E-state index in [0.717, 1.165) is 12.5 Å². The van der Waals surface area contributed by atoms with Crippen LogP contribution < -0.4 is 10.6 Å². The van der Waals surface area contributed by atoms with Crippen molar-refractivity contribution in [1.29, 1.82) is 0 Å². The van der Waals surface area contributed by atoms with E-state index in [1.165, 1.54) is 0 Å². The molecule has 0 heterocycles. The quantitative estimate of drug-likeness (QED) is 0.202. The first kappa shape index (κ1) is 21.7. The van der Waals surface area contributed by atoms with E-state index in [1.807, 2.05) is 13.8 Å². The minimum Gasteiger partial charge on any atom is -0.466 e. The van der Waals surface area contributed by atoms with E-state index in [1.54, 1.807) is 14.0 Å². The lowest BCUT2D eigenvalue weighted by Crippen LogP contribution is -2.44. The Balaban J connectivity index is 0. The van der Waals surface area contributed by atoms with Crippen LogP contribution in [0, 0.1) is 0 Å². The molecule has 120 valence electrons. The van der Waals surface area contributed by atoms with E-state index in [4.69, 9.17) is 9.47 Å². The number of carbonyl (C=O) groups excluding carboxylic acids is 1. The Bertz CT molecular complexity index is 276. The molecule has 1 atom stereocenters. The fraction of sp³-hybridized carbons (Fsp3) is 0.846. The van der Waals surface area contributed by atoms with Gasteiger partial charge in [0.15, 0.2) is 5.96 Å². The number of methoxy groups -OCH3 is 1. The molecule has 1 unspecified atom stereocenters. The Kier molecular flexibility index (Phi) is 16.1. The van der Waals surface area contributed by atoms with Crippen molar-refractivity contribution < 1.29 is 14.3 Å². The Morgan fingerprint density at radius 3 is 2.60 bits per heavy atom. The maximum Gasteiger partial charge on any atom is 0.305 e. The first-order chi connectivity index (χ1) is 9.13. The van der Waals surface area contributed by atoms with E-state index >= 15 is 0 Å². The number of nitrogens with one attached hydrogen (secondary N) is 2. The molecule has 0 bridgehead atoms. The third-order valence-electron chi connectivity index (χ3n) is 2.26. The molecular formula is C13H28IN3O3. The van der Waals surface area contributed by atoms with Crippen LogP contribution in [0.5, 0.6) is 0 Å². The Hall–Kier alpha value is -0.570. The van der Waals surface area contributed by atoms with Crippen molar-refractivity contribution in [1.82, 2.24) is 10.6 Å². The van der Waals surface area contributed by atoms with Gasteiger partial charge in [-0.05, 0) is 27.2 Å². The molecule has 0 fully saturated rings. The van der Waals surface area contributed by atoms with E-state index < -0.39 is 0 Å². The molecule has 2 N–H and O–H groups in total. The molecular weight excluding hydrogens is 373 g/mol. The summed E-state index contributed by atoms with van der Waals surface area (Å²) in [6.45, 7) is 8.28. The zero-order chi connectivity index (χ0) is 14.5. The zero-order valence-corrected chi connectivity index (χ0v) is 15.2. The van der Waals surface area contributed by atoms with Gasteiger partial charge in [-0.3, -0.25) is 9.79 Å². The number of esters is 1. The fourth-order valence-electron chi connectivity index (χ4n) is 1.49. The number of hydrogen-bond acceptors (Lipinski definition) is 4. The van der Waals surface area contributed by atoms with Crippen molar-refractivity contribution in [3.63, 3.8) is 0 Å². The van der Waals surface area contributed by atoms with E-state index in [-0.39, 0.29) is 36.0 Å². The smallest absolute Gasteiger partial charge is 0.305 e. The van der Waals surface area contributed by atoms with Gasteiger partial charge in [-0.15, -0.1) is 24.0 Å². The molecule has 0 aliphatic carbocycles. The highest BCUT2D eigenvalue weighted by molar-refractivity contribution is 14.0. The maximum atomic E-state index is 11.2. The monoisotopic (exact) mass is 401 g/mol. The minimum atomic E-state index is -0.164. The summed E-state index contributed by atoms with van der Waals surface area (Å²) in [7, 11) is 1.67. The first-order valence-corrected chi connectivity index (χ1v) is 6.83. The van der Waals surface area contributed by atoms with Gasteiger partial charge in [0.2, 0.25) is 0 Å². The molecule has 0 aromatic heterocycles. The van der Waals surface area contributed by atoms with Crippen molar-refractivity contribution in [2.75, 3.05) is 33.4 Å². The highest BCUT2D eigenvalue weighted by Gasteiger charge is 2.04. The molecule has 0 spiro atoms. The van der Waals surface area contributed by atoms with Crippen LogP contribution in [0.15, 0.2) is 4.99 Å². The summed E-state index contributed by atoms with van der Waals surface area (Å²) in [5.74, 6) is 0.583. The lowest BCUT2D eigenvalue weighted by molar-refractivity contribution is -0.143. The highest BCUT2D eigenvalue weighted by Crippen LogP contribution is 1.94. The van der Waals surface area contributed by atoms with Gasteiger partial charge < -0.3 is 20.1 Å². The molecule has 0 rings (SSSR count). The SMILES string of the molecule is CCNC(=NCCCC(=O)OCC)NC(C)COC.I. The van der Waals surface area contributed by atoms with Crippen molar-refractivity contribution in [3.05, 3.63) is 0 Å². The largest absolute Gasteiger partial charge is 0.466 e. The van der Waals surface area contributed by atoms with Gasteiger partial charge in [0.05, 0.1) is 13.2 Å². The van der Waals surface area contributed by atoms with Crippen LogP contribution in [-0.4, -0.2) is 51.4 Å². The summed E-state index contributed by atoms with van der Waals surface area (Å²) in [4.78, 5) is 15.6. The van der Waals surface area contributed by atoms with E-state index in [0.29, 0.717) is 32.6 Å². The van der Waals surface area contributed by atoms with E-state index in [2.05, 4.69) is 15.6 Å². The maximum absolute atomic E-state index is 11.2. The summed E-state index contributed by atoms with van der Waals surface area (Å²) < 4.78 is 9.92. The summed E-state index contributed by atoms with van der Waals surface area (Å²) in [6.07, 6.45) is 1.10. The van der Waals surface area contributed by atoms with Gasteiger partial charge in [-0.1, -0.05) is 0 Å². The summed E-state index contributed by atoms with van der Waals surface area (Å²) in [5, 5.41) is 6.38. The normalized spacial score (nSPS) is 12.3. The number of aliphatic imine (C=N–C) groups is 1. The Morgan fingerprint density at radius 2 is 2.05 bits per heavy atom. The lowest BCUT2D eigenvalue weighted by atomic mass is 10.3. The molecule has 0 aromatic carbocycles. The standard InChI is InChI=1S/C13H27N3O3.HI/c1-5-14-13(16-11(3)10-18-4)15-9-7-8-12(17)19-6-2;/h11H,5-10H2,1-4H3,(H2,14,15,16);1H. The summed E-state index contributed by atoms with van der Waals surface area (Å²) in [5.41, 5.74) is 0. The average Bonchev–Trinajstić information content (AvgIpc) is 2.35. The predicted molar refractivity (Wildman–Crippen MR) is 91.7 cm³/mol. The topological polar surface area (TPSA) is 72.0 Å². The van der Waals surface area contributed by atoms with Crippen LogP contribution in [0.25, 0.3) is 0 Å². The van der Waals surface area contributed by atoms with Gasteiger partial charge in [0.1, 0.15) is 0 Å². The third kappa shape index (κ3) is 12.5. The third-order valence-corrected chi connectivity index (χ3v) is 2.26. The second kappa shape index (κ2) is 14.8. The minimum absolute atomic E-state index is 0. The Labute approximate surface area is 139 Å². The van der Waals surface area contributed by atoms with Gasteiger partial charge in [-0.2, -0.15) is 0 Å². The number of halogens is 1. The second-order valence-electron chi connectivity index (χ2n) is 4.17. The van der Waals surface area contributed by atoms with Gasteiger partial charge >= 0.3 is 5.97 Å². The number of ether oxygens (including phenoxy) is 2. The molecule has 6 nitrogen and oxygen atoms in total. The molecule has 0 aliphatic rings. The van der Waals surface area contributed by atoms with E-state index in [9.17, 15) is 4.79 Å². The molecule has 0 saturated carbocycles. The van der Waals surface area contributed by atoms with Crippen LogP contribution in [0.4, 0.5) is 0 Å². The van der Waals surface area contributed by atoms with Crippen molar-refractivity contribution in [2.24, 2.45) is 4.99 Å². The molecule has 0 saturated heterocycles. The van der Waals surface area contributed by atoms with Crippen LogP contribution >= 0.6 is 24.0 Å². The van der Waals surface area contributed by atoms with Crippen LogP contribution in [0.3, 0.4) is 0 Å². The summed E-state index contributed by atoms with van der Waals surface area (Å²) in [6, 6.07) is 0.188. The lowest BCUT2D eigenvalue weighted by Gasteiger charge is -2.16. The average molecular weight is 401 g/mol. The predicted octanol–water partition coefficient (Wildman–Crippen LogP) is 1.54. The molecule has 0 aromatic rings. The fourth-order valence-corrected chi connectivity index (χ4v) is 1.49. The van der Waals surface area contributed by atoms with Crippen LogP contribution in [0.2, 0.25) is 0 Å². The molecule has 0 aliphatic heterocycles. The number of nitrogens with zero attached hydrogens (tertiary/aromatic N) is 1. The van der Waals surface area contributed by atoms with Gasteiger partial charge in [-0.25, -0.2) is 0 Å². The van der Waals surface area contributed by atoms with Crippen LogP contribution in [-0.2, 0) is 14.3 Å². The molecule has 20 heavy (non-hydrogen) atoms. The van der Waals surface area contributed by atoms with Crippen molar-refractivity contribution in [3.8, 4) is 0 Å². The Morgan fingerprint density at radius 1 is 1.35 bits per heavy atom. The second-order valence-corrected chi connectivity index (χ2v) is 4.17. The van der Waals surface area contributed by atoms with Crippen molar-refractivity contribution >= 4 is 35.9 Å². The van der Waals surface area contributed by atoms with Crippen molar-refractivity contribution in [2.45, 2.75) is 39.7 Å². The number of hydrogen-bond donors (Lipinski definition) is 2.